The summed E-state index contributed by atoms with van der Waals surface area (Å²) in [5, 5.41) is 0.776. The summed E-state index contributed by atoms with van der Waals surface area (Å²) < 4.78 is 0. The molecule has 3 nitrogen and oxygen atoms in total. The maximum Gasteiger partial charge on any atom is 0.272 e. The van der Waals surface area contributed by atoms with Crippen LogP contribution >= 0.6 is 23.4 Å². The Balaban J connectivity index is 2.04. The van der Waals surface area contributed by atoms with Gasteiger partial charge >= 0.3 is 0 Å². The predicted octanol–water partition coefficient (Wildman–Crippen LogP) is 5.89. The molecule has 0 bridgehead atoms. The third kappa shape index (κ3) is 3.97. The molecule has 0 fully saturated rings. The van der Waals surface area contributed by atoms with Crippen LogP contribution in [0.3, 0.4) is 0 Å². The second kappa shape index (κ2) is 7.91. The van der Waals surface area contributed by atoms with Crippen LogP contribution in [0.2, 0.25) is 5.02 Å². The molecule has 0 N–H and O–H groups in total. The topological polar surface area (TPSA) is 37.4 Å². The molecule has 0 aliphatic carbocycles. The Bertz CT molecular complexity index is 899. The highest BCUT2D eigenvalue weighted by Crippen LogP contribution is 2.40. The van der Waals surface area contributed by atoms with E-state index in [0.717, 1.165) is 0 Å². The van der Waals surface area contributed by atoms with E-state index in [1.165, 1.54) is 22.2 Å². The molecule has 0 spiro atoms. The summed E-state index contributed by atoms with van der Waals surface area (Å²) >= 11 is 7.41. The molecule has 140 valence electrons. The Hall–Kier alpha value is -2.04. The highest BCUT2D eigenvalue weighted by atomic mass is 35.5. The van der Waals surface area contributed by atoms with Gasteiger partial charge in [0.2, 0.25) is 0 Å². The zero-order valence-electron chi connectivity index (χ0n) is 15.8. The van der Waals surface area contributed by atoms with Gasteiger partial charge in [-0.3, -0.25) is 9.59 Å². The summed E-state index contributed by atoms with van der Waals surface area (Å²) in [4.78, 5) is 28.1. The van der Waals surface area contributed by atoms with Crippen LogP contribution in [0.4, 0.5) is 5.69 Å². The van der Waals surface area contributed by atoms with Gasteiger partial charge in [-0.1, -0.05) is 63.6 Å². The van der Waals surface area contributed by atoms with Crippen molar-refractivity contribution in [2.24, 2.45) is 0 Å². The van der Waals surface area contributed by atoms with Crippen LogP contribution in [0, 0.1) is 0 Å². The average Bonchev–Trinajstić information content (AvgIpc) is 2.86. The van der Waals surface area contributed by atoms with Gasteiger partial charge in [0.1, 0.15) is 0 Å². The van der Waals surface area contributed by atoms with E-state index in [9.17, 15) is 9.59 Å². The van der Waals surface area contributed by atoms with Gasteiger partial charge in [-0.2, -0.15) is 0 Å². The molecule has 0 saturated carbocycles. The molecular formula is C22H22ClNO2S. The number of carbonyl (C=O) groups is 2. The summed E-state index contributed by atoms with van der Waals surface area (Å²) in [5.74, 6) is -0.164. The van der Waals surface area contributed by atoms with Crippen molar-refractivity contribution in [3.05, 3.63) is 69.6 Å². The number of hydrogen-bond donors (Lipinski definition) is 0. The van der Waals surface area contributed by atoms with Crippen molar-refractivity contribution in [1.82, 2.24) is 0 Å². The molecule has 0 unspecified atom stereocenters. The van der Waals surface area contributed by atoms with Gasteiger partial charge < -0.3 is 0 Å². The Labute approximate surface area is 169 Å². The molecule has 1 aliphatic heterocycles. The van der Waals surface area contributed by atoms with Crippen molar-refractivity contribution in [2.75, 3.05) is 4.90 Å². The molecule has 2 amide bonds. The first-order chi connectivity index (χ1) is 12.8. The molecular weight excluding hydrogens is 378 g/mol. The molecule has 2 aromatic carbocycles. The molecule has 3 rings (SSSR count). The van der Waals surface area contributed by atoms with Crippen molar-refractivity contribution in [1.29, 1.82) is 0 Å². The highest BCUT2D eigenvalue weighted by molar-refractivity contribution is 8.04. The molecule has 27 heavy (non-hydrogen) atoms. The number of rotatable bonds is 5. The fraction of sp³-hybridized carbons (Fsp3) is 0.273. The number of nitrogens with zero attached hydrogens (tertiary/aromatic N) is 1. The Kier molecular flexibility index (Phi) is 5.78. The van der Waals surface area contributed by atoms with E-state index < -0.39 is 0 Å². The number of halogens is 1. The highest BCUT2D eigenvalue weighted by Gasteiger charge is 2.40. The maximum atomic E-state index is 13.2. The largest absolute Gasteiger partial charge is 0.272 e. The van der Waals surface area contributed by atoms with Gasteiger partial charge in [-0.15, -0.1) is 11.8 Å². The Morgan fingerprint density at radius 2 is 1.44 bits per heavy atom. The van der Waals surface area contributed by atoms with E-state index in [1.807, 2.05) is 38.1 Å². The minimum Gasteiger partial charge on any atom is -0.268 e. The Morgan fingerprint density at radius 3 is 1.96 bits per heavy atom. The van der Waals surface area contributed by atoms with Gasteiger partial charge in [0.25, 0.3) is 11.8 Å². The van der Waals surface area contributed by atoms with Crippen LogP contribution in [0.1, 0.15) is 44.7 Å². The molecule has 2 aromatic rings. The molecule has 0 radical (unpaired) electrons. The average molecular weight is 400 g/mol. The lowest BCUT2D eigenvalue weighted by Crippen LogP contribution is -2.31. The van der Waals surface area contributed by atoms with E-state index in [2.05, 4.69) is 13.8 Å². The van der Waals surface area contributed by atoms with Crippen molar-refractivity contribution >= 4 is 46.4 Å². The van der Waals surface area contributed by atoms with Gasteiger partial charge in [0.15, 0.2) is 0 Å². The van der Waals surface area contributed by atoms with Gasteiger partial charge in [-0.05, 0) is 41.3 Å². The number of amides is 2. The molecule has 0 atom stereocenters. The number of thioether (sulfide) groups is 1. The van der Waals surface area contributed by atoms with Crippen molar-refractivity contribution in [2.45, 2.75) is 38.9 Å². The van der Waals surface area contributed by atoms with Crippen LogP contribution in [0.15, 0.2) is 53.4 Å². The molecule has 1 heterocycles. The van der Waals surface area contributed by atoms with E-state index >= 15 is 0 Å². The Morgan fingerprint density at radius 1 is 0.852 bits per heavy atom. The number of anilines is 1. The molecule has 1 aliphatic rings. The molecule has 0 aromatic heterocycles. The summed E-state index contributed by atoms with van der Waals surface area (Å²) in [7, 11) is 0. The van der Waals surface area contributed by atoms with Crippen molar-refractivity contribution in [3.63, 3.8) is 0 Å². The standard InChI is InChI=1S/C22H22ClNO2S/c1-13(2)15-7-11-18(12-8-15)24-21(25)19(16-5-9-17(23)10-6-16)20(22(24)26)27-14(3)4/h5-14H,1-4H3. The third-order valence-electron chi connectivity index (χ3n) is 4.35. The molecule has 0 saturated heterocycles. The summed E-state index contributed by atoms with van der Waals surface area (Å²) in [5.41, 5.74) is 2.92. The lowest BCUT2D eigenvalue weighted by Gasteiger charge is -2.16. The smallest absolute Gasteiger partial charge is 0.268 e. The van der Waals surface area contributed by atoms with Crippen LogP contribution < -0.4 is 4.90 Å². The zero-order chi connectivity index (χ0) is 19.7. The van der Waals surface area contributed by atoms with Gasteiger partial charge in [-0.25, -0.2) is 4.90 Å². The van der Waals surface area contributed by atoms with Crippen LogP contribution in [-0.4, -0.2) is 17.1 Å². The van der Waals surface area contributed by atoms with Gasteiger partial charge in [0.05, 0.1) is 16.2 Å². The number of carbonyl (C=O) groups excluding carboxylic acids is 2. The summed E-state index contributed by atoms with van der Waals surface area (Å²) in [6.07, 6.45) is 0. The van der Waals surface area contributed by atoms with E-state index in [4.69, 9.17) is 11.6 Å². The normalized spacial score (nSPS) is 14.9. The van der Waals surface area contributed by atoms with Crippen LogP contribution in [0.5, 0.6) is 0 Å². The SMILES string of the molecule is CC(C)SC1=C(c2ccc(Cl)cc2)C(=O)N(c2ccc(C(C)C)cc2)C1=O. The minimum absolute atomic E-state index is 0.183. The fourth-order valence-corrected chi connectivity index (χ4v) is 4.08. The first-order valence-corrected chi connectivity index (χ1v) is 10.2. The minimum atomic E-state index is -0.289. The predicted molar refractivity (Wildman–Crippen MR) is 114 cm³/mol. The second-order valence-electron chi connectivity index (χ2n) is 7.07. The third-order valence-corrected chi connectivity index (χ3v) is 5.68. The maximum absolute atomic E-state index is 13.2. The lowest BCUT2D eigenvalue weighted by molar-refractivity contribution is -0.119. The number of benzene rings is 2. The monoisotopic (exact) mass is 399 g/mol. The first kappa shape index (κ1) is 19.7. The van der Waals surface area contributed by atoms with Gasteiger partial charge in [0, 0.05) is 10.3 Å². The fourth-order valence-electron chi connectivity index (χ4n) is 2.97. The summed E-state index contributed by atoms with van der Waals surface area (Å²) in [6.45, 7) is 8.24. The van der Waals surface area contributed by atoms with E-state index in [0.29, 0.717) is 32.7 Å². The van der Waals surface area contributed by atoms with E-state index in [-0.39, 0.29) is 17.1 Å². The quantitative estimate of drug-likeness (QED) is 0.588. The van der Waals surface area contributed by atoms with Crippen LogP contribution in [-0.2, 0) is 9.59 Å². The van der Waals surface area contributed by atoms with E-state index in [1.54, 1.807) is 24.3 Å². The second-order valence-corrected chi connectivity index (χ2v) is 9.09. The number of imide groups is 1. The molecule has 5 heteroatoms. The van der Waals surface area contributed by atoms with Crippen molar-refractivity contribution in [3.8, 4) is 0 Å². The number of hydrogen-bond acceptors (Lipinski definition) is 3. The first-order valence-electron chi connectivity index (χ1n) is 8.95. The van der Waals surface area contributed by atoms with Crippen molar-refractivity contribution < 1.29 is 9.59 Å². The summed E-state index contributed by atoms with van der Waals surface area (Å²) in [6, 6.07) is 14.7. The lowest BCUT2D eigenvalue weighted by atomic mass is 10.0. The zero-order valence-corrected chi connectivity index (χ0v) is 17.4. The van der Waals surface area contributed by atoms with Crippen LogP contribution in [0.25, 0.3) is 5.57 Å².